The molecule has 1 aliphatic rings. The van der Waals surface area contributed by atoms with Gasteiger partial charge in [0, 0.05) is 6.07 Å². The van der Waals surface area contributed by atoms with Gasteiger partial charge in [-0.25, -0.2) is 0 Å². The summed E-state index contributed by atoms with van der Waals surface area (Å²) in [6.07, 6.45) is 1.61. The topological polar surface area (TPSA) is 85.0 Å². The smallest absolute Gasteiger partial charge is 0.311 e. The van der Waals surface area contributed by atoms with Crippen molar-refractivity contribution < 1.29 is 14.5 Å². The minimum Gasteiger partial charge on any atom is -0.490 e. The molecular formula is C20H19N3O4. The van der Waals surface area contributed by atoms with Gasteiger partial charge >= 0.3 is 5.69 Å². The normalized spacial score (nSPS) is 15.3. The van der Waals surface area contributed by atoms with Crippen LogP contribution in [-0.4, -0.2) is 23.7 Å². The molecule has 3 rings (SSSR count). The van der Waals surface area contributed by atoms with Crippen LogP contribution >= 0.6 is 0 Å². The minimum atomic E-state index is -0.514. The van der Waals surface area contributed by atoms with E-state index in [0.29, 0.717) is 22.5 Å². The third-order valence-corrected chi connectivity index (χ3v) is 4.51. The zero-order chi connectivity index (χ0) is 19.7. The predicted octanol–water partition coefficient (Wildman–Crippen LogP) is 4.03. The Morgan fingerprint density at radius 2 is 1.85 bits per heavy atom. The van der Waals surface area contributed by atoms with E-state index in [1.165, 1.54) is 24.3 Å². The highest BCUT2D eigenvalue weighted by molar-refractivity contribution is 6.32. The van der Waals surface area contributed by atoms with Crippen LogP contribution in [0.5, 0.6) is 5.75 Å². The van der Waals surface area contributed by atoms with Crippen molar-refractivity contribution in [2.75, 3.05) is 12.1 Å². The highest BCUT2D eigenvalue weighted by Crippen LogP contribution is 2.30. The molecule has 0 saturated carbocycles. The summed E-state index contributed by atoms with van der Waals surface area (Å²) < 4.78 is 5.01. The molecule has 0 aliphatic carbocycles. The number of benzene rings is 2. The van der Waals surface area contributed by atoms with Crippen LogP contribution in [0.1, 0.15) is 23.6 Å². The Labute approximate surface area is 156 Å². The number of hydrazone groups is 1. The Hall–Kier alpha value is -3.48. The second-order valence-corrected chi connectivity index (χ2v) is 6.32. The molecule has 2 aromatic rings. The van der Waals surface area contributed by atoms with Gasteiger partial charge in [-0.3, -0.25) is 14.9 Å². The molecule has 0 radical (unpaired) electrons. The van der Waals surface area contributed by atoms with E-state index < -0.39 is 4.92 Å². The number of amides is 1. The van der Waals surface area contributed by atoms with Crippen LogP contribution in [0.4, 0.5) is 11.4 Å². The average Bonchev–Trinajstić information content (AvgIpc) is 2.92. The molecule has 0 unspecified atom stereocenters. The molecule has 1 amide bonds. The first-order valence-corrected chi connectivity index (χ1v) is 8.33. The van der Waals surface area contributed by atoms with Gasteiger partial charge in [-0.1, -0.05) is 12.1 Å². The first-order valence-electron chi connectivity index (χ1n) is 8.33. The van der Waals surface area contributed by atoms with Gasteiger partial charge < -0.3 is 4.74 Å². The fourth-order valence-corrected chi connectivity index (χ4v) is 2.82. The zero-order valence-corrected chi connectivity index (χ0v) is 15.5. The van der Waals surface area contributed by atoms with Gasteiger partial charge in [0.25, 0.3) is 5.91 Å². The maximum Gasteiger partial charge on any atom is 0.311 e. The Kier molecular flexibility index (Phi) is 4.77. The van der Waals surface area contributed by atoms with E-state index in [9.17, 15) is 14.9 Å². The fourth-order valence-electron chi connectivity index (χ4n) is 2.82. The van der Waals surface area contributed by atoms with Gasteiger partial charge in [0.2, 0.25) is 0 Å². The maximum absolute atomic E-state index is 12.8. The molecule has 138 valence electrons. The molecular weight excluding hydrogens is 346 g/mol. The van der Waals surface area contributed by atoms with E-state index in [1.807, 2.05) is 32.0 Å². The van der Waals surface area contributed by atoms with Crippen molar-refractivity contribution in [1.82, 2.24) is 0 Å². The number of methoxy groups -OCH3 is 1. The van der Waals surface area contributed by atoms with Crippen molar-refractivity contribution >= 4 is 29.1 Å². The van der Waals surface area contributed by atoms with E-state index in [4.69, 9.17) is 4.74 Å². The lowest BCUT2D eigenvalue weighted by atomic mass is 10.1. The number of rotatable bonds is 4. The van der Waals surface area contributed by atoms with Crippen molar-refractivity contribution in [3.05, 3.63) is 68.8 Å². The monoisotopic (exact) mass is 365 g/mol. The molecule has 0 aromatic heterocycles. The van der Waals surface area contributed by atoms with Crippen molar-refractivity contribution in [1.29, 1.82) is 0 Å². The van der Waals surface area contributed by atoms with E-state index in [-0.39, 0.29) is 17.3 Å². The van der Waals surface area contributed by atoms with Gasteiger partial charge in [0.15, 0.2) is 5.75 Å². The van der Waals surface area contributed by atoms with Gasteiger partial charge in [-0.15, -0.1) is 0 Å². The number of anilines is 1. The zero-order valence-electron chi connectivity index (χ0n) is 15.5. The molecule has 0 bridgehead atoms. The highest BCUT2D eigenvalue weighted by Gasteiger charge is 2.29. The summed E-state index contributed by atoms with van der Waals surface area (Å²) in [5.74, 6) is -0.101. The lowest BCUT2D eigenvalue weighted by molar-refractivity contribution is -0.385. The molecule has 0 N–H and O–H groups in total. The summed E-state index contributed by atoms with van der Waals surface area (Å²) in [5.41, 5.74) is 4.21. The standard InChI is InChI=1S/C20H19N3O4/c1-12-5-7-16(9-13(12)2)22-20(24)17(14(3)21-22)10-15-6-8-19(27-4)18(11-15)23(25)26/h5-11H,1-4H3. The second kappa shape index (κ2) is 7.03. The van der Waals surface area contributed by atoms with Crippen molar-refractivity contribution in [3.63, 3.8) is 0 Å². The predicted molar refractivity (Wildman–Crippen MR) is 104 cm³/mol. The summed E-state index contributed by atoms with van der Waals surface area (Å²) in [6, 6.07) is 10.3. The van der Waals surface area contributed by atoms with E-state index >= 15 is 0 Å². The first kappa shape index (κ1) is 18.3. The summed E-state index contributed by atoms with van der Waals surface area (Å²) in [6.45, 7) is 5.72. The van der Waals surface area contributed by atoms with E-state index in [2.05, 4.69) is 5.10 Å². The number of aryl methyl sites for hydroxylation is 2. The Morgan fingerprint density at radius 3 is 2.48 bits per heavy atom. The minimum absolute atomic E-state index is 0.155. The van der Waals surface area contributed by atoms with Crippen molar-refractivity contribution in [2.45, 2.75) is 20.8 Å². The van der Waals surface area contributed by atoms with Gasteiger partial charge in [0.05, 0.1) is 29.0 Å². The van der Waals surface area contributed by atoms with Crippen LogP contribution in [-0.2, 0) is 4.79 Å². The number of hydrogen-bond donors (Lipinski definition) is 0. The van der Waals surface area contributed by atoms with Gasteiger partial charge in [-0.05, 0) is 61.7 Å². The Bertz CT molecular complexity index is 1010. The van der Waals surface area contributed by atoms with Crippen molar-refractivity contribution in [2.24, 2.45) is 5.10 Å². The van der Waals surface area contributed by atoms with E-state index in [0.717, 1.165) is 11.1 Å². The van der Waals surface area contributed by atoms with Gasteiger partial charge in [0.1, 0.15) is 0 Å². The Balaban J connectivity index is 1.97. The summed E-state index contributed by atoms with van der Waals surface area (Å²) in [7, 11) is 1.37. The quantitative estimate of drug-likeness (QED) is 0.465. The van der Waals surface area contributed by atoms with Crippen LogP contribution in [0.25, 0.3) is 6.08 Å². The molecule has 7 nitrogen and oxygen atoms in total. The van der Waals surface area contributed by atoms with E-state index in [1.54, 1.807) is 19.1 Å². The third-order valence-electron chi connectivity index (χ3n) is 4.51. The Morgan fingerprint density at radius 1 is 1.11 bits per heavy atom. The molecule has 0 atom stereocenters. The number of carbonyl (C=O) groups excluding carboxylic acids is 1. The summed E-state index contributed by atoms with van der Waals surface area (Å²) in [4.78, 5) is 23.5. The SMILES string of the molecule is COc1ccc(C=C2C(=O)N(c3ccc(C)c(C)c3)N=C2C)cc1[N+](=O)[O-]. The number of carbonyl (C=O) groups is 1. The number of nitro benzene ring substituents is 1. The summed E-state index contributed by atoms with van der Waals surface area (Å²) in [5, 5.41) is 16.9. The lowest BCUT2D eigenvalue weighted by Crippen LogP contribution is -2.21. The lowest BCUT2D eigenvalue weighted by Gasteiger charge is -2.13. The van der Waals surface area contributed by atoms with Crippen LogP contribution < -0.4 is 9.75 Å². The molecule has 0 fully saturated rings. The van der Waals surface area contributed by atoms with Gasteiger partial charge in [-0.2, -0.15) is 10.1 Å². The van der Waals surface area contributed by atoms with Crippen LogP contribution in [0.2, 0.25) is 0 Å². The second-order valence-electron chi connectivity index (χ2n) is 6.32. The van der Waals surface area contributed by atoms with Crippen LogP contribution in [0.3, 0.4) is 0 Å². The number of hydrogen-bond acceptors (Lipinski definition) is 5. The number of ether oxygens (including phenoxy) is 1. The summed E-state index contributed by atoms with van der Waals surface area (Å²) >= 11 is 0. The van der Waals surface area contributed by atoms with Crippen LogP contribution in [0, 0.1) is 24.0 Å². The molecule has 0 saturated heterocycles. The average molecular weight is 365 g/mol. The van der Waals surface area contributed by atoms with Crippen molar-refractivity contribution in [3.8, 4) is 5.75 Å². The number of nitrogens with zero attached hydrogens (tertiary/aromatic N) is 3. The fraction of sp³-hybridized carbons (Fsp3) is 0.200. The molecule has 0 spiro atoms. The first-order chi connectivity index (χ1) is 12.8. The third kappa shape index (κ3) is 3.44. The molecule has 1 aliphatic heterocycles. The molecule has 1 heterocycles. The largest absolute Gasteiger partial charge is 0.490 e. The number of nitro groups is 1. The molecule has 2 aromatic carbocycles. The highest BCUT2D eigenvalue weighted by atomic mass is 16.6. The molecule has 7 heteroatoms. The molecule has 27 heavy (non-hydrogen) atoms. The maximum atomic E-state index is 12.8. The van der Waals surface area contributed by atoms with Crippen LogP contribution in [0.15, 0.2) is 47.1 Å².